The molecule has 8 heteroatoms. The summed E-state index contributed by atoms with van der Waals surface area (Å²) in [6.07, 6.45) is 0. The van der Waals surface area contributed by atoms with Crippen molar-refractivity contribution in [2.24, 2.45) is 0 Å². The van der Waals surface area contributed by atoms with Gasteiger partial charge in [-0.1, -0.05) is 97.1 Å². The lowest BCUT2D eigenvalue weighted by Gasteiger charge is -2.26. The van der Waals surface area contributed by atoms with E-state index < -0.39 is 0 Å². The third-order valence-electron chi connectivity index (χ3n) is 11.3. The van der Waals surface area contributed by atoms with Crippen LogP contribution in [0.1, 0.15) is 0 Å². The summed E-state index contributed by atoms with van der Waals surface area (Å²) in [7, 11) is 0. The molecule has 4 nitrogen and oxygen atoms in total. The molecule has 13 aromatic rings. The van der Waals surface area contributed by atoms with Gasteiger partial charge in [-0.2, -0.15) is 9.97 Å². The summed E-state index contributed by atoms with van der Waals surface area (Å²) in [6, 6.07) is 61.2. The van der Waals surface area contributed by atoms with Crippen molar-refractivity contribution < 1.29 is 0 Å². The minimum absolute atomic E-state index is 0.573. The Labute approximate surface area is 353 Å². The monoisotopic (exact) mass is 824 g/mol. The molecule has 5 aromatic heterocycles. The topological polar surface area (TPSA) is 41.9 Å². The van der Waals surface area contributed by atoms with E-state index >= 15 is 0 Å². The van der Waals surface area contributed by atoms with Gasteiger partial charge in [-0.05, 0) is 72.8 Å². The first-order valence-corrected chi connectivity index (χ1v) is 22.7. The summed E-state index contributed by atoms with van der Waals surface area (Å²) in [4.78, 5) is 18.8. The van der Waals surface area contributed by atoms with Crippen LogP contribution in [-0.2, 0) is 0 Å². The van der Waals surface area contributed by atoms with Gasteiger partial charge in [0.05, 0.1) is 11.4 Å². The van der Waals surface area contributed by atoms with Crippen molar-refractivity contribution in [2.75, 3.05) is 4.90 Å². The summed E-state index contributed by atoms with van der Waals surface area (Å²) in [5.41, 5.74) is 4.01. The lowest BCUT2D eigenvalue weighted by molar-refractivity contribution is 1.03. The highest BCUT2D eigenvalue weighted by molar-refractivity contribution is 7.27. The lowest BCUT2D eigenvalue weighted by Crippen LogP contribution is -2.16. The van der Waals surface area contributed by atoms with E-state index in [0.29, 0.717) is 17.6 Å². The summed E-state index contributed by atoms with van der Waals surface area (Å²) >= 11 is 7.26. The van der Waals surface area contributed by atoms with Crippen molar-refractivity contribution >= 4 is 143 Å². The predicted molar refractivity (Wildman–Crippen MR) is 257 cm³/mol. The normalized spacial score (nSPS) is 12.1. The summed E-state index contributed by atoms with van der Waals surface area (Å²) in [5.74, 6) is 1.85. The van der Waals surface area contributed by atoms with Gasteiger partial charge in [-0.25, -0.2) is 4.98 Å². The van der Waals surface area contributed by atoms with Gasteiger partial charge < -0.3 is 0 Å². The van der Waals surface area contributed by atoms with Gasteiger partial charge in [0.1, 0.15) is 0 Å². The Kier molecular flexibility index (Phi) is 7.35. The van der Waals surface area contributed by atoms with Crippen LogP contribution in [0.25, 0.3) is 103 Å². The molecule has 0 radical (unpaired) electrons. The zero-order valence-corrected chi connectivity index (χ0v) is 34.4. The van der Waals surface area contributed by atoms with Crippen molar-refractivity contribution in [3.05, 3.63) is 170 Å². The van der Waals surface area contributed by atoms with E-state index in [9.17, 15) is 0 Å². The molecule has 0 aliphatic carbocycles. The van der Waals surface area contributed by atoms with E-state index in [0.717, 1.165) is 22.5 Å². The predicted octanol–water partition coefficient (Wildman–Crippen LogP) is 16.1. The van der Waals surface area contributed by atoms with Crippen LogP contribution in [0.4, 0.5) is 17.3 Å². The second-order valence-corrected chi connectivity index (χ2v) is 19.0. The quantitative estimate of drug-likeness (QED) is 0.173. The minimum Gasteiger partial charge on any atom is -0.278 e. The van der Waals surface area contributed by atoms with Crippen molar-refractivity contribution in [3.8, 4) is 22.8 Å². The van der Waals surface area contributed by atoms with Crippen LogP contribution in [-0.4, -0.2) is 15.0 Å². The maximum Gasteiger partial charge on any atom is 0.238 e. The summed E-state index contributed by atoms with van der Waals surface area (Å²) < 4.78 is 9.86. The number of rotatable bonds is 5. The molecule has 0 bridgehead atoms. The van der Waals surface area contributed by atoms with Crippen molar-refractivity contribution in [3.63, 3.8) is 0 Å². The smallest absolute Gasteiger partial charge is 0.238 e. The number of aromatic nitrogens is 3. The third kappa shape index (κ3) is 5.14. The van der Waals surface area contributed by atoms with Crippen molar-refractivity contribution in [1.82, 2.24) is 15.0 Å². The number of hydrogen-bond donors (Lipinski definition) is 0. The molecule has 0 atom stereocenters. The highest BCUT2D eigenvalue weighted by Crippen LogP contribution is 2.49. The number of fused-ring (bicyclic) bond motifs is 12. The highest BCUT2D eigenvalue weighted by atomic mass is 32.1. The average Bonchev–Trinajstić information content (AvgIpc) is 4.06. The van der Waals surface area contributed by atoms with Crippen LogP contribution in [0.5, 0.6) is 0 Å². The number of benzene rings is 8. The van der Waals surface area contributed by atoms with Gasteiger partial charge in [-0.15, -0.1) is 45.3 Å². The Bertz CT molecular complexity index is 3720. The average molecular weight is 825 g/mol. The van der Waals surface area contributed by atoms with E-state index in [-0.39, 0.29) is 0 Å². The molecule has 13 rings (SSSR count). The summed E-state index contributed by atoms with van der Waals surface area (Å²) in [5, 5.41) is 9.71. The van der Waals surface area contributed by atoms with Crippen molar-refractivity contribution in [1.29, 1.82) is 0 Å². The van der Waals surface area contributed by atoms with Crippen LogP contribution in [0.3, 0.4) is 0 Å². The molecular formula is C51H28N4S4. The first-order chi connectivity index (χ1) is 29.2. The molecule has 0 aliphatic heterocycles. The molecule has 5 heterocycles. The van der Waals surface area contributed by atoms with E-state index in [1.54, 1.807) is 11.3 Å². The fourth-order valence-electron chi connectivity index (χ4n) is 8.73. The maximum absolute atomic E-state index is 5.57. The Morgan fingerprint density at radius 1 is 0.339 bits per heavy atom. The van der Waals surface area contributed by atoms with Crippen LogP contribution < -0.4 is 4.90 Å². The third-order valence-corrected chi connectivity index (χ3v) is 16.0. The van der Waals surface area contributed by atoms with Crippen molar-refractivity contribution in [2.45, 2.75) is 0 Å². The fraction of sp³-hybridized carbons (Fsp3) is 0. The summed E-state index contributed by atoms with van der Waals surface area (Å²) in [6.45, 7) is 0. The molecule has 0 N–H and O–H groups in total. The van der Waals surface area contributed by atoms with E-state index in [1.165, 1.54) is 80.7 Å². The SMILES string of the molecule is c1ccc2c(c1)sc1ccc(-c3nc(-c4cccc5c4sc4ccccc45)nc(N(c4cccc5sc6ccccc6c45)c4cccc5sc6ccccc6c45)n3)cc12. The molecule has 0 unspecified atom stereocenters. The van der Waals surface area contributed by atoms with Gasteiger partial charge in [0.25, 0.3) is 0 Å². The second-order valence-electron chi connectivity index (χ2n) is 14.7. The van der Waals surface area contributed by atoms with Gasteiger partial charge in [0.15, 0.2) is 11.6 Å². The van der Waals surface area contributed by atoms with Gasteiger partial charge in [-0.3, -0.25) is 4.90 Å². The fourth-order valence-corrected chi connectivity index (χ4v) is 13.3. The second kappa shape index (κ2) is 13.0. The van der Waals surface area contributed by atoms with E-state index in [1.807, 2.05) is 34.0 Å². The molecule has 0 saturated carbocycles. The Hall–Kier alpha value is -6.55. The standard InChI is InChI=1S/C51H28N4S4/c1-6-21-40-30(12-1)32-16-9-17-35(48(32)59-40)50-52-49(29-26-27-43-36(28-29)31-13-2-5-20-39(31)56-43)53-51(54-50)55(37-18-10-24-44-46(37)33-14-3-7-22-41(33)57-44)38-19-11-25-45-47(38)34-15-4-8-23-42(34)58-45/h1-28H. The molecule has 59 heavy (non-hydrogen) atoms. The molecule has 276 valence electrons. The highest BCUT2D eigenvalue weighted by Gasteiger charge is 2.26. The van der Waals surface area contributed by atoms with Crippen LogP contribution in [0, 0.1) is 0 Å². The van der Waals surface area contributed by atoms with Gasteiger partial charge in [0, 0.05) is 91.8 Å². The van der Waals surface area contributed by atoms with E-state index in [4.69, 9.17) is 15.0 Å². The largest absolute Gasteiger partial charge is 0.278 e. The Morgan fingerprint density at radius 3 is 1.47 bits per heavy atom. The number of thiophene rings is 4. The van der Waals surface area contributed by atoms with Crippen LogP contribution in [0.2, 0.25) is 0 Å². The molecular weight excluding hydrogens is 797 g/mol. The molecule has 0 fully saturated rings. The van der Waals surface area contributed by atoms with Crippen LogP contribution in [0.15, 0.2) is 170 Å². The lowest BCUT2D eigenvalue weighted by atomic mass is 10.1. The molecule has 0 saturated heterocycles. The maximum atomic E-state index is 5.57. The molecule has 0 aliphatic rings. The number of hydrogen-bond acceptors (Lipinski definition) is 8. The van der Waals surface area contributed by atoms with Gasteiger partial charge in [0.2, 0.25) is 5.95 Å². The number of nitrogens with zero attached hydrogens (tertiary/aromatic N) is 4. The van der Waals surface area contributed by atoms with Gasteiger partial charge >= 0.3 is 0 Å². The first-order valence-electron chi connectivity index (χ1n) is 19.4. The minimum atomic E-state index is 0.573. The number of anilines is 3. The Balaban J connectivity index is 1.15. The first kappa shape index (κ1) is 33.4. The van der Waals surface area contributed by atoms with E-state index in [2.05, 4.69) is 175 Å². The van der Waals surface area contributed by atoms with Crippen LogP contribution >= 0.6 is 45.3 Å². The molecule has 0 spiro atoms. The molecule has 8 aromatic carbocycles. The zero-order chi connectivity index (χ0) is 38.6. The molecule has 0 amide bonds. The zero-order valence-electron chi connectivity index (χ0n) is 31.1. The Morgan fingerprint density at radius 2 is 0.814 bits per heavy atom.